The molecule has 0 unspecified atom stereocenters. The zero-order chi connectivity index (χ0) is 13.5. The molecule has 2 rings (SSSR count). The van der Waals surface area contributed by atoms with E-state index in [1.54, 1.807) is 11.3 Å². The van der Waals surface area contributed by atoms with E-state index in [1.807, 2.05) is 6.07 Å². The molecule has 1 fully saturated rings. The fraction of sp³-hybridized carbons (Fsp3) is 0.643. The van der Waals surface area contributed by atoms with E-state index in [0.717, 1.165) is 29.8 Å². The molecule has 0 radical (unpaired) electrons. The van der Waals surface area contributed by atoms with Crippen LogP contribution in [0, 0.1) is 0 Å². The minimum absolute atomic E-state index is 0. The molecular formula is C14H23ClIN3S. The van der Waals surface area contributed by atoms with E-state index in [0.29, 0.717) is 6.04 Å². The van der Waals surface area contributed by atoms with Gasteiger partial charge in [0.2, 0.25) is 0 Å². The molecule has 114 valence electrons. The number of hydrogen-bond acceptors (Lipinski definition) is 2. The largest absolute Gasteiger partial charge is 0.357 e. The minimum Gasteiger partial charge on any atom is -0.357 e. The second-order valence-electron chi connectivity index (χ2n) is 4.84. The minimum atomic E-state index is 0. The SMILES string of the molecule is CCNC(=NCCc1ccc(Cl)s1)NC1CCCC1.I. The predicted molar refractivity (Wildman–Crippen MR) is 99.8 cm³/mol. The van der Waals surface area contributed by atoms with Gasteiger partial charge in [0.25, 0.3) is 0 Å². The molecule has 1 aliphatic carbocycles. The summed E-state index contributed by atoms with van der Waals surface area (Å²) in [5.41, 5.74) is 0. The highest BCUT2D eigenvalue weighted by Gasteiger charge is 2.15. The van der Waals surface area contributed by atoms with Crippen LogP contribution in [0.5, 0.6) is 0 Å². The molecule has 0 atom stereocenters. The summed E-state index contributed by atoms with van der Waals surface area (Å²) >= 11 is 7.56. The molecule has 1 heterocycles. The third-order valence-electron chi connectivity index (χ3n) is 3.30. The normalized spacial score (nSPS) is 16.0. The molecule has 2 N–H and O–H groups in total. The van der Waals surface area contributed by atoms with Crippen molar-refractivity contribution in [1.29, 1.82) is 0 Å². The number of rotatable bonds is 5. The molecule has 1 aliphatic rings. The van der Waals surface area contributed by atoms with Crippen molar-refractivity contribution in [3.05, 3.63) is 21.3 Å². The maximum atomic E-state index is 5.92. The lowest BCUT2D eigenvalue weighted by Gasteiger charge is -2.16. The second kappa shape index (κ2) is 9.84. The van der Waals surface area contributed by atoms with Crippen molar-refractivity contribution in [3.8, 4) is 0 Å². The van der Waals surface area contributed by atoms with Crippen LogP contribution in [0.25, 0.3) is 0 Å². The van der Waals surface area contributed by atoms with Crippen molar-refractivity contribution in [2.75, 3.05) is 13.1 Å². The van der Waals surface area contributed by atoms with Crippen LogP contribution in [-0.4, -0.2) is 25.1 Å². The molecule has 1 saturated carbocycles. The zero-order valence-electron chi connectivity index (χ0n) is 11.8. The van der Waals surface area contributed by atoms with Gasteiger partial charge in [-0.3, -0.25) is 4.99 Å². The lowest BCUT2D eigenvalue weighted by atomic mass is 10.2. The van der Waals surface area contributed by atoms with E-state index < -0.39 is 0 Å². The summed E-state index contributed by atoms with van der Waals surface area (Å²) in [6.45, 7) is 3.81. The summed E-state index contributed by atoms with van der Waals surface area (Å²) in [5, 5.41) is 6.84. The van der Waals surface area contributed by atoms with E-state index in [9.17, 15) is 0 Å². The average Bonchev–Trinajstić information content (AvgIpc) is 3.01. The lowest BCUT2D eigenvalue weighted by molar-refractivity contribution is 0.614. The average molecular weight is 428 g/mol. The van der Waals surface area contributed by atoms with Crippen molar-refractivity contribution in [2.45, 2.75) is 45.1 Å². The van der Waals surface area contributed by atoms with Crippen LogP contribution < -0.4 is 10.6 Å². The van der Waals surface area contributed by atoms with E-state index in [-0.39, 0.29) is 24.0 Å². The van der Waals surface area contributed by atoms with Crippen molar-refractivity contribution >= 4 is 52.9 Å². The number of nitrogens with zero attached hydrogens (tertiary/aromatic N) is 1. The van der Waals surface area contributed by atoms with Gasteiger partial charge < -0.3 is 10.6 Å². The van der Waals surface area contributed by atoms with Gasteiger partial charge in [-0.25, -0.2) is 0 Å². The highest BCUT2D eigenvalue weighted by molar-refractivity contribution is 14.0. The van der Waals surface area contributed by atoms with Crippen LogP contribution in [0.4, 0.5) is 0 Å². The van der Waals surface area contributed by atoms with Gasteiger partial charge in [-0.05, 0) is 31.9 Å². The quantitative estimate of drug-likeness (QED) is 0.422. The molecule has 20 heavy (non-hydrogen) atoms. The molecule has 0 amide bonds. The van der Waals surface area contributed by atoms with Crippen molar-refractivity contribution in [1.82, 2.24) is 10.6 Å². The highest BCUT2D eigenvalue weighted by atomic mass is 127. The van der Waals surface area contributed by atoms with Crippen LogP contribution in [0.3, 0.4) is 0 Å². The number of halogens is 2. The standard InChI is InChI=1S/C14H22ClN3S.HI/c1-2-16-14(18-11-5-3-4-6-11)17-10-9-12-7-8-13(15)19-12;/h7-8,11H,2-6,9-10H2,1H3,(H2,16,17,18);1H. The molecule has 0 bridgehead atoms. The Bertz CT molecular complexity index is 416. The summed E-state index contributed by atoms with van der Waals surface area (Å²) in [4.78, 5) is 5.94. The van der Waals surface area contributed by atoms with E-state index in [1.165, 1.54) is 30.6 Å². The molecule has 3 nitrogen and oxygen atoms in total. The van der Waals surface area contributed by atoms with Crippen molar-refractivity contribution in [3.63, 3.8) is 0 Å². The maximum absolute atomic E-state index is 5.92. The molecule has 0 aliphatic heterocycles. The third-order valence-corrected chi connectivity index (χ3v) is 4.59. The van der Waals surface area contributed by atoms with Crippen molar-refractivity contribution in [2.24, 2.45) is 4.99 Å². The summed E-state index contributed by atoms with van der Waals surface area (Å²) in [5.74, 6) is 0.956. The first-order valence-corrected chi connectivity index (χ1v) is 8.26. The van der Waals surface area contributed by atoms with Gasteiger partial charge in [-0.1, -0.05) is 24.4 Å². The lowest BCUT2D eigenvalue weighted by Crippen LogP contribution is -2.42. The number of nitrogens with one attached hydrogen (secondary N) is 2. The number of hydrogen-bond donors (Lipinski definition) is 2. The van der Waals surface area contributed by atoms with Gasteiger partial charge in [0, 0.05) is 30.4 Å². The summed E-state index contributed by atoms with van der Waals surface area (Å²) in [6, 6.07) is 4.64. The van der Waals surface area contributed by atoms with Crippen LogP contribution in [0.1, 0.15) is 37.5 Å². The van der Waals surface area contributed by atoms with Gasteiger partial charge in [0.15, 0.2) is 5.96 Å². The Morgan fingerprint density at radius 3 is 2.75 bits per heavy atom. The predicted octanol–water partition coefficient (Wildman–Crippen LogP) is 4.06. The fourth-order valence-electron chi connectivity index (χ4n) is 2.35. The monoisotopic (exact) mass is 427 g/mol. The molecule has 0 saturated heterocycles. The van der Waals surface area contributed by atoms with Crippen LogP contribution in [0.15, 0.2) is 17.1 Å². The number of thiophene rings is 1. The Kier molecular flexibility index (Phi) is 8.88. The smallest absolute Gasteiger partial charge is 0.191 e. The Labute approximate surface area is 147 Å². The molecule has 6 heteroatoms. The van der Waals surface area contributed by atoms with E-state index in [4.69, 9.17) is 11.6 Å². The first kappa shape index (κ1) is 18.0. The third kappa shape index (κ3) is 6.18. The summed E-state index contributed by atoms with van der Waals surface area (Å²) in [7, 11) is 0. The van der Waals surface area contributed by atoms with Crippen LogP contribution >= 0.6 is 46.9 Å². The van der Waals surface area contributed by atoms with Gasteiger partial charge in [-0.2, -0.15) is 0 Å². The molecule has 0 aromatic carbocycles. The Hall–Kier alpha value is -0.0100. The first-order chi connectivity index (χ1) is 9.28. The Morgan fingerprint density at radius 1 is 1.40 bits per heavy atom. The first-order valence-electron chi connectivity index (χ1n) is 7.07. The Morgan fingerprint density at radius 2 is 2.15 bits per heavy atom. The van der Waals surface area contributed by atoms with Gasteiger partial charge in [0.05, 0.1) is 4.34 Å². The zero-order valence-corrected chi connectivity index (χ0v) is 15.7. The number of aliphatic imine (C=N–C) groups is 1. The molecule has 1 aromatic heterocycles. The van der Waals surface area contributed by atoms with Crippen LogP contribution in [-0.2, 0) is 6.42 Å². The summed E-state index contributed by atoms with van der Waals surface area (Å²) < 4.78 is 0.856. The molecular weight excluding hydrogens is 405 g/mol. The Balaban J connectivity index is 0.00000200. The van der Waals surface area contributed by atoms with Gasteiger partial charge >= 0.3 is 0 Å². The topological polar surface area (TPSA) is 36.4 Å². The molecule has 0 spiro atoms. The van der Waals surface area contributed by atoms with Crippen molar-refractivity contribution < 1.29 is 0 Å². The molecule has 1 aromatic rings. The summed E-state index contributed by atoms with van der Waals surface area (Å²) in [6.07, 6.45) is 6.17. The maximum Gasteiger partial charge on any atom is 0.191 e. The van der Waals surface area contributed by atoms with Gasteiger partial charge in [-0.15, -0.1) is 35.3 Å². The second-order valence-corrected chi connectivity index (χ2v) is 6.64. The van der Waals surface area contributed by atoms with Crippen LogP contribution in [0.2, 0.25) is 4.34 Å². The fourth-order valence-corrected chi connectivity index (χ4v) is 3.42. The van der Waals surface area contributed by atoms with E-state index in [2.05, 4.69) is 28.6 Å². The van der Waals surface area contributed by atoms with Gasteiger partial charge in [0.1, 0.15) is 0 Å². The highest BCUT2D eigenvalue weighted by Crippen LogP contribution is 2.21. The van der Waals surface area contributed by atoms with E-state index >= 15 is 0 Å². The number of guanidine groups is 1.